The van der Waals surface area contributed by atoms with Crippen LogP contribution in [0.5, 0.6) is 5.75 Å². The Morgan fingerprint density at radius 3 is 2.83 bits per heavy atom. The van der Waals surface area contributed by atoms with Gasteiger partial charge in [-0.2, -0.15) is 5.10 Å². The lowest BCUT2D eigenvalue weighted by Crippen LogP contribution is -2.36. The number of methoxy groups -OCH3 is 1. The van der Waals surface area contributed by atoms with E-state index in [0.717, 1.165) is 23.2 Å². The first-order valence-corrected chi connectivity index (χ1v) is 10.1. The standard InChI is InChI=1S/C23H19ClN4O2/c1-30-22-11-18(24)14-28-21(22)12-20(26-28)23(29)27-9-7-15-5-6-16(10-17(15)13-27)19-4-2-3-8-25-19/h2-6,8,10-12,14H,7,9,13H2,1H3. The highest BCUT2D eigenvalue weighted by Gasteiger charge is 2.25. The Labute approximate surface area is 178 Å². The lowest BCUT2D eigenvalue weighted by molar-refractivity contribution is 0.0728. The van der Waals surface area contributed by atoms with Gasteiger partial charge < -0.3 is 9.64 Å². The normalized spacial score (nSPS) is 13.3. The minimum Gasteiger partial charge on any atom is -0.494 e. The van der Waals surface area contributed by atoms with Crippen molar-refractivity contribution >= 4 is 23.0 Å². The largest absolute Gasteiger partial charge is 0.494 e. The van der Waals surface area contributed by atoms with E-state index in [9.17, 15) is 4.79 Å². The van der Waals surface area contributed by atoms with E-state index in [1.54, 1.807) is 36.2 Å². The van der Waals surface area contributed by atoms with Crippen molar-refractivity contribution in [3.05, 3.63) is 82.8 Å². The molecule has 0 radical (unpaired) electrons. The zero-order valence-corrected chi connectivity index (χ0v) is 17.1. The van der Waals surface area contributed by atoms with Gasteiger partial charge in [-0.1, -0.05) is 29.8 Å². The van der Waals surface area contributed by atoms with Crippen molar-refractivity contribution in [3.8, 4) is 17.0 Å². The third-order valence-corrected chi connectivity index (χ3v) is 5.61. The molecule has 6 nitrogen and oxygen atoms in total. The Morgan fingerprint density at radius 2 is 2.03 bits per heavy atom. The van der Waals surface area contributed by atoms with E-state index in [1.165, 1.54) is 5.56 Å². The van der Waals surface area contributed by atoms with E-state index in [0.29, 0.717) is 35.1 Å². The van der Waals surface area contributed by atoms with Crippen LogP contribution in [0.25, 0.3) is 16.8 Å². The topological polar surface area (TPSA) is 59.7 Å². The minimum atomic E-state index is -0.106. The van der Waals surface area contributed by atoms with E-state index < -0.39 is 0 Å². The van der Waals surface area contributed by atoms with Crippen LogP contribution in [0.3, 0.4) is 0 Å². The summed E-state index contributed by atoms with van der Waals surface area (Å²) in [5.74, 6) is 0.476. The van der Waals surface area contributed by atoms with E-state index in [1.807, 2.05) is 23.1 Å². The summed E-state index contributed by atoms with van der Waals surface area (Å²) in [6.45, 7) is 1.20. The van der Waals surface area contributed by atoms with Crippen LogP contribution in [0.1, 0.15) is 21.6 Å². The third kappa shape index (κ3) is 3.29. The van der Waals surface area contributed by atoms with Crippen molar-refractivity contribution in [2.24, 2.45) is 0 Å². The molecule has 0 atom stereocenters. The molecule has 0 aliphatic carbocycles. The summed E-state index contributed by atoms with van der Waals surface area (Å²) in [7, 11) is 1.57. The van der Waals surface area contributed by atoms with E-state index in [-0.39, 0.29) is 5.91 Å². The molecule has 0 fully saturated rings. The van der Waals surface area contributed by atoms with E-state index in [4.69, 9.17) is 16.3 Å². The molecule has 0 saturated carbocycles. The molecule has 5 rings (SSSR count). The minimum absolute atomic E-state index is 0.106. The van der Waals surface area contributed by atoms with Crippen LogP contribution in [0, 0.1) is 0 Å². The number of halogens is 1. The van der Waals surface area contributed by atoms with Crippen LogP contribution in [-0.4, -0.2) is 39.1 Å². The zero-order valence-electron chi connectivity index (χ0n) is 16.4. The molecule has 7 heteroatoms. The quantitative estimate of drug-likeness (QED) is 0.499. The Morgan fingerprint density at radius 1 is 1.13 bits per heavy atom. The molecule has 1 amide bonds. The fraction of sp³-hybridized carbons (Fsp3) is 0.174. The highest BCUT2D eigenvalue weighted by Crippen LogP contribution is 2.28. The number of carbonyl (C=O) groups excluding carboxylic acids is 1. The van der Waals surface area contributed by atoms with Gasteiger partial charge in [0.2, 0.25) is 0 Å². The maximum absolute atomic E-state index is 13.2. The van der Waals surface area contributed by atoms with Gasteiger partial charge in [-0.05, 0) is 35.7 Å². The van der Waals surface area contributed by atoms with E-state index >= 15 is 0 Å². The number of nitrogens with zero attached hydrogens (tertiary/aromatic N) is 4. The number of carbonyl (C=O) groups is 1. The molecule has 4 aromatic rings. The second-order valence-electron chi connectivity index (χ2n) is 7.26. The van der Waals surface area contributed by atoms with Gasteiger partial charge in [0.1, 0.15) is 11.3 Å². The van der Waals surface area contributed by atoms with Crippen LogP contribution >= 0.6 is 11.6 Å². The smallest absolute Gasteiger partial charge is 0.274 e. The molecule has 3 aromatic heterocycles. The number of fused-ring (bicyclic) bond motifs is 2. The molecular weight excluding hydrogens is 400 g/mol. The van der Waals surface area contributed by atoms with Gasteiger partial charge in [0.25, 0.3) is 5.91 Å². The van der Waals surface area contributed by atoms with Crippen molar-refractivity contribution in [1.82, 2.24) is 19.5 Å². The van der Waals surface area contributed by atoms with Gasteiger partial charge in [0.05, 0.1) is 17.8 Å². The number of ether oxygens (including phenoxy) is 1. The molecule has 4 heterocycles. The van der Waals surface area contributed by atoms with Crippen LogP contribution in [0.2, 0.25) is 5.02 Å². The van der Waals surface area contributed by atoms with Crippen molar-refractivity contribution in [2.45, 2.75) is 13.0 Å². The Hall–Kier alpha value is -3.38. The summed E-state index contributed by atoms with van der Waals surface area (Å²) < 4.78 is 6.96. The molecular formula is C23H19ClN4O2. The number of hydrogen-bond acceptors (Lipinski definition) is 4. The SMILES string of the molecule is COc1cc(Cl)cn2nc(C(=O)N3CCc4ccc(-c5ccccn5)cc4C3)cc12. The first-order chi connectivity index (χ1) is 14.6. The summed E-state index contributed by atoms with van der Waals surface area (Å²) in [6.07, 6.45) is 4.27. The number of benzene rings is 1. The molecule has 0 N–H and O–H groups in total. The lowest BCUT2D eigenvalue weighted by atomic mass is 9.96. The average molecular weight is 419 g/mol. The monoisotopic (exact) mass is 418 g/mol. The van der Waals surface area contributed by atoms with Gasteiger partial charge in [-0.3, -0.25) is 9.78 Å². The van der Waals surface area contributed by atoms with Gasteiger partial charge in [0, 0.05) is 43.2 Å². The summed E-state index contributed by atoms with van der Waals surface area (Å²) in [5.41, 5.74) is 5.47. The summed E-state index contributed by atoms with van der Waals surface area (Å²) in [6, 6.07) is 15.7. The molecule has 30 heavy (non-hydrogen) atoms. The second kappa shape index (κ2) is 7.46. The van der Waals surface area contributed by atoms with Gasteiger partial charge in [0.15, 0.2) is 5.69 Å². The predicted molar refractivity (Wildman–Crippen MR) is 115 cm³/mol. The van der Waals surface area contributed by atoms with Crippen LogP contribution in [0.4, 0.5) is 0 Å². The number of amides is 1. The molecule has 0 saturated heterocycles. The number of aromatic nitrogens is 3. The molecule has 1 aliphatic rings. The fourth-order valence-electron chi connectivity index (χ4n) is 3.88. The Kier molecular flexibility index (Phi) is 4.64. The highest BCUT2D eigenvalue weighted by atomic mass is 35.5. The highest BCUT2D eigenvalue weighted by molar-refractivity contribution is 6.30. The van der Waals surface area contributed by atoms with Crippen molar-refractivity contribution in [3.63, 3.8) is 0 Å². The van der Waals surface area contributed by atoms with Crippen molar-refractivity contribution in [2.75, 3.05) is 13.7 Å². The summed E-state index contributed by atoms with van der Waals surface area (Å²) in [5, 5.41) is 4.93. The summed E-state index contributed by atoms with van der Waals surface area (Å²) >= 11 is 6.12. The molecule has 150 valence electrons. The molecule has 0 spiro atoms. The number of pyridine rings is 2. The van der Waals surface area contributed by atoms with Crippen molar-refractivity contribution in [1.29, 1.82) is 0 Å². The maximum atomic E-state index is 13.2. The fourth-order valence-corrected chi connectivity index (χ4v) is 4.07. The second-order valence-corrected chi connectivity index (χ2v) is 7.70. The lowest BCUT2D eigenvalue weighted by Gasteiger charge is -2.28. The van der Waals surface area contributed by atoms with Crippen LogP contribution in [0.15, 0.2) is 60.9 Å². The molecule has 0 unspecified atom stereocenters. The Balaban J connectivity index is 1.44. The predicted octanol–water partition coefficient (Wildman–Crippen LogP) is 4.26. The first-order valence-electron chi connectivity index (χ1n) is 9.68. The Bertz CT molecular complexity index is 1250. The van der Waals surface area contributed by atoms with Crippen LogP contribution in [-0.2, 0) is 13.0 Å². The molecule has 1 aliphatic heterocycles. The van der Waals surface area contributed by atoms with Gasteiger partial charge in [-0.15, -0.1) is 0 Å². The molecule has 1 aromatic carbocycles. The zero-order chi connectivity index (χ0) is 20.7. The first kappa shape index (κ1) is 18.6. The van der Waals surface area contributed by atoms with Crippen LogP contribution < -0.4 is 4.74 Å². The maximum Gasteiger partial charge on any atom is 0.274 e. The average Bonchev–Trinajstić information content (AvgIpc) is 3.21. The van der Waals surface area contributed by atoms with E-state index in [2.05, 4.69) is 28.3 Å². The number of rotatable bonds is 3. The third-order valence-electron chi connectivity index (χ3n) is 5.41. The van der Waals surface area contributed by atoms with Gasteiger partial charge in [-0.25, -0.2) is 4.52 Å². The number of hydrogen-bond donors (Lipinski definition) is 0. The van der Waals surface area contributed by atoms with Gasteiger partial charge >= 0.3 is 0 Å². The van der Waals surface area contributed by atoms with Crippen molar-refractivity contribution < 1.29 is 9.53 Å². The molecule has 0 bridgehead atoms. The summed E-state index contributed by atoms with van der Waals surface area (Å²) in [4.78, 5) is 19.4.